The predicted molar refractivity (Wildman–Crippen MR) is 90.0 cm³/mol. The van der Waals surface area contributed by atoms with E-state index in [1.807, 2.05) is 25.1 Å². The lowest BCUT2D eigenvalue weighted by Gasteiger charge is -2.11. The van der Waals surface area contributed by atoms with Gasteiger partial charge in [-0.25, -0.2) is 4.99 Å². The van der Waals surface area contributed by atoms with Crippen LogP contribution in [0, 0.1) is 12.8 Å². The molecular formula is C17H28N4O. The summed E-state index contributed by atoms with van der Waals surface area (Å²) in [7, 11) is 0. The zero-order valence-corrected chi connectivity index (χ0v) is 13.8. The quantitative estimate of drug-likeness (QED) is 0.417. The fourth-order valence-electron chi connectivity index (χ4n) is 2.10. The van der Waals surface area contributed by atoms with Crippen LogP contribution >= 0.6 is 0 Å². The van der Waals surface area contributed by atoms with Crippen molar-refractivity contribution in [1.29, 1.82) is 0 Å². The van der Waals surface area contributed by atoms with Gasteiger partial charge < -0.3 is 15.4 Å². The Morgan fingerprint density at radius 3 is 2.95 bits per heavy atom. The standard InChI is InChI=1S/C17H28N4O/c1-3-18-17(19-10-5-11-22-13-15-8-9-15)20-12-16-7-4-6-14(2)21-16/h4,6-7,15H,3,5,8-13H2,1-2H3,(H2,18,19,20). The summed E-state index contributed by atoms with van der Waals surface area (Å²) < 4.78 is 5.63. The highest BCUT2D eigenvalue weighted by atomic mass is 16.5. The van der Waals surface area contributed by atoms with Gasteiger partial charge in [0.2, 0.25) is 0 Å². The molecule has 1 aromatic rings. The van der Waals surface area contributed by atoms with Gasteiger partial charge in [-0.3, -0.25) is 4.98 Å². The zero-order valence-electron chi connectivity index (χ0n) is 13.8. The van der Waals surface area contributed by atoms with Gasteiger partial charge in [-0.2, -0.15) is 0 Å². The SMILES string of the molecule is CCNC(=NCc1cccc(C)n1)NCCCOCC1CC1. The van der Waals surface area contributed by atoms with Crippen LogP contribution in [0.4, 0.5) is 0 Å². The van der Waals surface area contributed by atoms with E-state index in [0.717, 1.165) is 56.0 Å². The zero-order chi connectivity index (χ0) is 15.6. The topological polar surface area (TPSA) is 58.5 Å². The molecule has 0 spiro atoms. The molecule has 0 saturated heterocycles. The summed E-state index contributed by atoms with van der Waals surface area (Å²) >= 11 is 0. The van der Waals surface area contributed by atoms with Crippen LogP contribution in [0.1, 0.15) is 37.6 Å². The molecule has 122 valence electrons. The Morgan fingerprint density at radius 2 is 2.23 bits per heavy atom. The van der Waals surface area contributed by atoms with Crippen molar-refractivity contribution in [2.45, 2.75) is 39.7 Å². The third-order valence-electron chi connectivity index (χ3n) is 3.50. The number of pyridine rings is 1. The van der Waals surface area contributed by atoms with Crippen molar-refractivity contribution >= 4 is 5.96 Å². The van der Waals surface area contributed by atoms with Crippen molar-refractivity contribution in [3.63, 3.8) is 0 Å². The van der Waals surface area contributed by atoms with E-state index in [0.29, 0.717) is 6.54 Å². The second kappa shape index (κ2) is 9.41. The smallest absolute Gasteiger partial charge is 0.191 e. The molecule has 22 heavy (non-hydrogen) atoms. The highest BCUT2D eigenvalue weighted by Crippen LogP contribution is 2.28. The minimum atomic E-state index is 0.592. The molecule has 0 aliphatic heterocycles. The Labute approximate surface area is 133 Å². The van der Waals surface area contributed by atoms with Gasteiger partial charge in [0.25, 0.3) is 0 Å². The van der Waals surface area contributed by atoms with Crippen LogP contribution in [-0.4, -0.2) is 37.2 Å². The van der Waals surface area contributed by atoms with Crippen LogP contribution in [0.2, 0.25) is 0 Å². The van der Waals surface area contributed by atoms with Crippen LogP contribution in [0.5, 0.6) is 0 Å². The summed E-state index contributed by atoms with van der Waals surface area (Å²) in [6, 6.07) is 6.02. The average Bonchev–Trinajstić information content (AvgIpc) is 3.32. The number of aliphatic imine (C=N–C) groups is 1. The molecule has 0 atom stereocenters. The first-order chi connectivity index (χ1) is 10.8. The van der Waals surface area contributed by atoms with Gasteiger partial charge in [-0.15, -0.1) is 0 Å². The number of ether oxygens (including phenoxy) is 1. The first-order valence-electron chi connectivity index (χ1n) is 8.30. The molecule has 0 aromatic carbocycles. The number of hydrogen-bond acceptors (Lipinski definition) is 3. The highest BCUT2D eigenvalue weighted by molar-refractivity contribution is 5.79. The van der Waals surface area contributed by atoms with Crippen molar-refractivity contribution in [3.05, 3.63) is 29.6 Å². The maximum atomic E-state index is 5.63. The third-order valence-corrected chi connectivity index (χ3v) is 3.50. The molecule has 1 saturated carbocycles. The fraction of sp³-hybridized carbons (Fsp3) is 0.647. The highest BCUT2D eigenvalue weighted by Gasteiger charge is 2.20. The maximum Gasteiger partial charge on any atom is 0.191 e. The van der Waals surface area contributed by atoms with Crippen LogP contribution in [0.15, 0.2) is 23.2 Å². The summed E-state index contributed by atoms with van der Waals surface area (Å²) in [5, 5.41) is 6.60. The summed E-state index contributed by atoms with van der Waals surface area (Å²) in [6.45, 7) is 8.15. The van der Waals surface area contributed by atoms with Gasteiger partial charge >= 0.3 is 0 Å². The van der Waals surface area contributed by atoms with Crippen LogP contribution in [0.3, 0.4) is 0 Å². The van der Waals surface area contributed by atoms with Gasteiger partial charge in [0.15, 0.2) is 5.96 Å². The van der Waals surface area contributed by atoms with Crippen molar-refractivity contribution in [2.75, 3.05) is 26.3 Å². The molecule has 1 aliphatic rings. The van der Waals surface area contributed by atoms with Crippen LogP contribution in [0.25, 0.3) is 0 Å². The van der Waals surface area contributed by atoms with Gasteiger partial charge in [0.1, 0.15) is 0 Å². The molecule has 2 rings (SSSR count). The van der Waals surface area contributed by atoms with Crippen LogP contribution in [-0.2, 0) is 11.3 Å². The monoisotopic (exact) mass is 304 g/mol. The summed E-state index contributed by atoms with van der Waals surface area (Å²) in [5.41, 5.74) is 2.02. The number of nitrogens with zero attached hydrogens (tertiary/aromatic N) is 2. The minimum absolute atomic E-state index is 0.592. The van der Waals surface area contributed by atoms with E-state index in [2.05, 4.69) is 27.5 Å². The molecule has 1 aromatic heterocycles. The summed E-state index contributed by atoms with van der Waals surface area (Å²) in [6.07, 6.45) is 3.70. The number of rotatable bonds is 9. The van der Waals surface area contributed by atoms with Gasteiger partial charge in [-0.1, -0.05) is 6.07 Å². The van der Waals surface area contributed by atoms with Gasteiger partial charge in [0.05, 0.1) is 12.2 Å². The van der Waals surface area contributed by atoms with Gasteiger partial charge in [-0.05, 0) is 51.2 Å². The molecule has 0 unspecified atom stereocenters. The number of aromatic nitrogens is 1. The first kappa shape index (κ1) is 16.7. The Hall–Kier alpha value is -1.62. The average molecular weight is 304 g/mol. The van der Waals surface area contributed by atoms with E-state index >= 15 is 0 Å². The predicted octanol–water partition coefficient (Wildman–Crippen LogP) is 2.26. The molecule has 1 fully saturated rings. The number of hydrogen-bond donors (Lipinski definition) is 2. The van der Waals surface area contributed by atoms with Crippen molar-refractivity contribution in [1.82, 2.24) is 15.6 Å². The van der Waals surface area contributed by atoms with E-state index < -0.39 is 0 Å². The lowest BCUT2D eigenvalue weighted by molar-refractivity contribution is 0.123. The van der Waals surface area contributed by atoms with E-state index in [-0.39, 0.29) is 0 Å². The Bertz CT molecular complexity index is 471. The number of nitrogens with one attached hydrogen (secondary N) is 2. The molecule has 1 heterocycles. The molecule has 0 amide bonds. The summed E-state index contributed by atoms with van der Waals surface area (Å²) in [4.78, 5) is 9.04. The second-order valence-electron chi connectivity index (χ2n) is 5.76. The van der Waals surface area contributed by atoms with Crippen molar-refractivity contribution in [3.8, 4) is 0 Å². The van der Waals surface area contributed by atoms with E-state index in [9.17, 15) is 0 Å². The first-order valence-corrected chi connectivity index (χ1v) is 8.30. The lowest BCUT2D eigenvalue weighted by atomic mass is 10.3. The molecular weight excluding hydrogens is 276 g/mol. The number of guanidine groups is 1. The van der Waals surface area contributed by atoms with E-state index in [4.69, 9.17) is 4.74 Å². The Kier molecular flexibility index (Phi) is 7.16. The Balaban J connectivity index is 1.67. The summed E-state index contributed by atoms with van der Waals surface area (Å²) in [5.74, 6) is 1.68. The van der Waals surface area contributed by atoms with E-state index in [1.54, 1.807) is 0 Å². The molecule has 0 radical (unpaired) electrons. The molecule has 2 N–H and O–H groups in total. The second-order valence-corrected chi connectivity index (χ2v) is 5.76. The van der Waals surface area contributed by atoms with Gasteiger partial charge in [0, 0.05) is 32.0 Å². The maximum absolute atomic E-state index is 5.63. The van der Waals surface area contributed by atoms with Crippen LogP contribution < -0.4 is 10.6 Å². The lowest BCUT2D eigenvalue weighted by Crippen LogP contribution is -2.38. The van der Waals surface area contributed by atoms with Crippen molar-refractivity contribution in [2.24, 2.45) is 10.9 Å². The fourth-order valence-corrected chi connectivity index (χ4v) is 2.10. The molecule has 1 aliphatic carbocycles. The molecule has 5 heteroatoms. The van der Waals surface area contributed by atoms with E-state index in [1.165, 1.54) is 12.8 Å². The molecule has 0 bridgehead atoms. The number of aryl methyl sites for hydroxylation is 1. The molecule has 5 nitrogen and oxygen atoms in total. The third kappa shape index (κ3) is 6.89. The minimum Gasteiger partial charge on any atom is -0.381 e. The normalized spacial score (nSPS) is 14.9. The Morgan fingerprint density at radius 1 is 1.36 bits per heavy atom. The largest absolute Gasteiger partial charge is 0.381 e. The van der Waals surface area contributed by atoms with Crippen molar-refractivity contribution < 1.29 is 4.74 Å².